The number of amides is 2. The third-order valence-corrected chi connectivity index (χ3v) is 7.61. The number of piperazine rings is 1. The van der Waals surface area contributed by atoms with E-state index in [-0.39, 0.29) is 23.7 Å². The minimum atomic E-state index is -0.285. The highest BCUT2D eigenvalue weighted by molar-refractivity contribution is 7.16. The Kier molecular flexibility index (Phi) is 6.68. The zero-order valence-electron chi connectivity index (χ0n) is 19.7. The number of halogens is 1. The molecule has 180 valence electrons. The first kappa shape index (κ1) is 23.3. The second-order valence-electron chi connectivity index (χ2n) is 9.10. The summed E-state index contributed by atoms with van der Waals surface area (Å²) in [5.74, 6) is -0.205. The number of benzene rings is 2. The highest BCUT2D eigenvalue weighted by atomic mass is 32.1. The molecule has 4 aromatic rings. The van der Waals surface area contributed by atoms with E-state index >= 15 is 0 Å². The average Bonchev–Trinajstić information content (AvgIpc) is 3.45. The van der Waals surface area contributed by atoms with Crippen LogP contribution >= 0.6 is 11.3 Å². The number of carbonyl (C=O) groups is 2. The summed E-state index contributed by atoms with van der Waals surface area (Å²) in [7, 11) is 0. The van der Waals surface area contributed by atoms with Crippen molar-refractivity contribution < 1.29 is 14.0 Å². The van der Waals surface area contributed by atoms with Crippen LogP contribution in [0.15, 0.2) is 72.1 Å². The van der Waals surface area contributed by atoms with Crippen molar-refractivity contribution in [2.24, 2.45) is 0 Å². The number of nitrogens with zero attached hydrogens (tertiary/aromatic N) is 3. The van der Waals surface area contributed by atoms with E-state index in [2.05, 4.69) is 0 Å². The lowest BCUT2D eigenvalue weighted by Crippen LogP contribution is -2.55. The molecule has 2 amide bonds. The van der Waals surface area contributed by atoms with Gasteiger partial charge in [-0.3, -0.25) is 9.59 Å². The topological polar surface area (TPSA) is 45.6 Å². The summed E-state index contributed by atoms with van der Waals surface area (Å²) >= 11 is 1.58. The van der Waals surface area contributed by atoms with Gasteiger partial charge in [0.25, 0.3) is 5.91 Å². The molecule has 0 aliphatic carbocycles. The summed E-state index contributed by atoms with van der Waals surface area (Å²) in [5, 5.41) is 3.01. The number of aromatic nitrogens is 1. The maximum absolute atomic E-state index is 13.8. The quantitative estimate of drug-likeness (QED) is 0.374. The van der Waals surface area contributed by atoms with E-state index in [0.717, 1.165) is 27.8 Å². The number of carbonyl (C=O) groups excluding carboxylic acids is 2. The fourth-order valence-corrected chi connectivity index (χ4v) is 5.74. The van der Waals surface area contributed by atoms with Crippen LogP contribution in [-0.2, 0) is 17.8 Å². The summed E-state index contributed by atoms with van der Waals surface area (Å²) in [6.45, 7) is 3.95. The summed E-state index contributed by atoms with van der Waals surface area (Å²) in [6.07, 6.45) is 1.19. The molecular formula is C28H28FN3O2S. The lowest BCUT2D eigenvalue weighted by molar-refractivity contribution is -0.135. The molecule has 0 radical (unpaired) electrons. The summed E-state index contributed by atoms with van der Waals surface area (Å²) in [5.41, 5.74) is 2.57. The SMILES string of the molecule is C[C@H]1CN(C(=O)c2cc3ccsc3n2Cc2cccc(F)c2)CCN1C(=O)CCc1ccccc1. The molecule has 1 fully saturated rings. The number of fused-ring (bicyclic) bond motifs is 1. The van der Waals surface area contributed by atoms with Crippen molar-refractivity contribution in [3.63, 3.8) is 0 Å². The molecule has 0 unspecified atom stereocenters. The molecule has 35 heavy (non-hydrogen) atoms. The van der Waals surface area contributed by atoms with Gasteiger partial charge in [-0.15, -0.1) is 11.3 Å². The van der Waals surface area contributed by atoms with Gasteiger partial charge in [0.05, 0.1) is 0 Å². The van der Waals surface area contributed by atoms with Gasteiger partial charge in [0.1, 0.15) is 16.3 Å². The Hall–Kier alpha value is -3.45. The normalized spacial score (nSPS) is 16.1. The molecule has 2 aromatic carbocycles. The van der Waals surface area contributed by atoms with Crippen molar-refractivity contribution in [3.05, 3.63) is 94.7 Å². The van der Waals surface area contributed by atoms with E-state index in [0.29, 0.717) is 38.3 Å². The lowest BCUT2D eigenvalue weighted by Gasteiger charge is -2.40. The van der Waals surface area contributed by atoms with Crippen LogP contribution in [0, 0.1) is 5.82 Å². The smallest absolute Gasteiger partial charge is 0.270 e. The van der Waals surface area contributed by atoms with Crippen LogP contribution in [0.4, 0.5) is 4.39 Å². The Balaban J connectivity index is 1.28. The van der Waals surface area contributed by atoms with Gasteiger partial charge in [0, 0.05) is 44.0 Å². The maximum atomic E-state index is 13.8. The molecule has 0 bridgehead atoms. The Morgan fingerprint density at radius 2 is 1.80 bits per heavy atom. The average molecular weight is 490 g/mol. The number of aryl methyl sites for hydroxylation is 1. The Labute approximate surface area is 208 Å². The highest BCUT2D eigenvalue weighted by Crippen LogP contribution is 2.28. The summed E-state index contributed by atoms with van der Waals surface area (Å²) in [4.78, 5) is 31.2. The third kappa shape index (κ3) is 5.00. The van der Waals surface area contributed by atoms with Crippen LogP contribution in [0.1, 0.15) is 35.0 Å². The van der Waals surface area contributed by atoms with Crippen molar-refractivity contribution in [3.8, 4) is 0 Å². The zero-order valence-corrected chi connectivity index (χ0v) is 20.5. The molecule has 5 nitrogen and oxygen atoms in total. The zero-order chi connectivity index (χ0) is 24.4. The first-order valence-electron chi connectivity index (χ1n) is 11.9. The van der Waals surface area contributed by atoms with Crippen molar-refractivity contribution in [1.29, 1.82) is 0 Å². The minimum Gasteiger partial charge on any atom is -0.336 e. The van der Waals surface area contributed by atoms with Crippen LogP contribution in [0.25, 0.3) is 10.2 Å². The standard InChI is InChI=1S/C28H28FN3O2S/c1-20-18-30(13-14-31(20)26(33)11-10-21-6-3-2-4-7-21)27(34)25-17-23-12-15-35-28(23)32(25)19-22-8-5-9-24(29)16-22/h2-9,12,15-17,20H,10-11,13-14,18-19H2,1H3/t20-/m0/s1. The Morgan fingerprint density at radius 3 is 2.57 bits per heavy atom. The molecule has 3 heterocycles. The monoisotopic (exact) mass is 489 g/mol. The fourth-order valence-electron chi connectivity index (χ4n) is 4.84. The van der Waals surface area contributed by atoms with E-state index < -0.39 is 0 Å². The van der Waals surface area contributed by atoms with Gasteiger partial charge < -0.3 is 14.4 Å². The molecule has 1 aliphatic rings. The third-order valence-electron chi connectivity index (χ3n) is 6.66. The molecule has 0 saturated carbocycles. The number of hydrogen-bond donors (Lipinski definition) is 0. The van der Waals surface area contributed by atoms with E-state index in [1.54, 1.807) is 17.4 Å². The molecule has 0 spiro atoms. The Morgan fingerprint density at radius 1 is 1.00 bits per heavy atom. The van der Waals surface area contributed by atoms with E-state index in [1.807, 2.05) is 75.2 Å². The molecule has 1 saturated heterocycles. The molecular weight excluding hydrogens is 461 g/mol. The van der Waals surface area contributed by atoms with Gasteiger partial charge in [0.15, 0.2) is 0 Å². The van der Waals surface area contributed by atoms with Gasteiger partial charge in [-0.25, -0.2) is 4.39 Å². The number of hydrogen-bond acceptors (Lipinski definition) is 3. The molecule has 5 rings (SSSR count). The first-order chi connectivity index (χ1) is 17.0. The number of rotatable bonds is 6. The molecule has 7 heteroatoms. The maximum Gasteiger partial charge on any atom is 0.270 e. The molecule has 1 aliphatic heterocycles. The van der Waals surface area contributed by atoms with Gasteiger partial charge >= 0.3 is 0 Å². The van der Waals surface area contributed by atoms with Crippen molar-refractivity contribution in [2.75, 3.05) is 19.6 Å². The van der Waals surface area contributed by atoms with Gasteiger partial charge in [-0.05, 0) is 54.1 Å². The molecule has 2 aromatic heterocycles. The van der Waals surface area contributed by atoms with Gasteiger partial charge in [-0.2, -0.15) is 0 Å². The van der Waals surface area contributed by atoms with Crippen LogP contribution in [0.2, 0.25) is 0 Å². The largest absolute Gasteiger partial charge is 0.336 e. The predicted molar refractivity (Wildman–Crippen MR) is 137 cm³/mol. The van der Waals surface area contributed by atoms with E-state index in [9.17, 15) is 14.0 Å². The van der Waals surface area contributed by atoms with Crippen molar-refractivity contribution >= 4 is 33.4 Å². The van der Waals surface area contributed by atoms with Gasteiger partial charge in [-0.1, -0.05) is 42.5 Å². The first-order valence-corrected chi connectivity index (χ1v) is 12.8. The Bertz CT molecular complexity index is 1350. The minimum absolute atomic E-state index is 0.0481. The van der Waals surface area contributed by atoms with Crippen molar-refractivity contribution in [1.82, 2.24) is 14.4 Å². The highest BCUT2D eigenvalue weighted by Gasteiger charge is 2.31. The molecule has 0 N–H and O–H groups in total. The predicted octanol–water partition coefficient (Wildman–Crippen LogP) is 5.20. The lowest BCUT2D eigenvalue weighted by atomic mass is 10.1. The summed E-state index contributed by atoms with van der Waals surface area (Å²) in [6, 6.07) is 20.4. The van der Waals surface area contributed by atoms with Crippen LogP contribution in [0.3, 0.4) is 0 Å². The van der Waals surface area contributed by atoms with Crippen LogP contribution in [0.5, 0.6) is 0 Å². The van der Waals surface area contributed by atoms with Gasteiger partial charge in [0.2, 0.25) is 5.91 Å². The van der Waals surface area contributed by atoms with E-state index in [1.165, 1.54) is 12.1 Å². The molecule has 1 atom stereocenters. The van der Waals surface area contributed by atoms with E-state index in [4.69, 9.17) is 0 Å². The second kappa shape index (κ2) is 10.0. The summed E-state index contributed by atoms with van der Waals surface area (Å²) < 4.78 is 15.8. The number of thiophene rings is 1. The van der Waals surface area contributed by atoms with Crippen LogP contribution < -0.4 is 0 Å². The fraction of sp³-hybridized carbons (Fsp3) is 0.286. The van der Waals surface area contributed by atoms with Crippen LogP contribution in [-0.4, -0.2) is 51.9 Å². The van der Waals surface area contributed by atoms with Crippen molar-refractivity contribution in [2.45, 2.75) is 32.4 Å². The second-order valence-corrected chi connectivity index (χ2v) is 9.99.